The second-order valence-corrected chi connectivity index (χ2v) is 6.18. The SMILES string of the molecule is CC1(C)[C@H]2CC(=O)[C@@]1(C)C[C@@H]2Br. The van der Waals surface area contributed by atoms with Gasteiger partial charge in [-0.2, -0.15) is 0 Å². The van der Waals surface area contributed by atoms with Gasteiger partial charge in [0, 0.05) is 16.7 Å². The summed E-state index contributed by atoms with van der Waals surface area (Å²) in [4.78, 5) is 12.3. The molecule has 0 unspecified atom stereocenters. The molecule has 0 N–H and O–H groups in total. The van der Waals surface area contributed by atoms with Crippen LogP contribution in [-0.2, 0) is 4.79 Å². The van der Waals surface area contributed by atoms with E-state index < -0.39 is 0 Å². The molecule has 0 aromatic heterocycles. The van der Waals surface area contributed by atoms with Gasteiger partial charge >= 0.3 is 0 Å². The normalized spacial score (nSPS) is 50.2. The standard InChI is InChI=1S/C10H15BrO/c1-9(2)6-4-8(12)10(9,3)5-7(6)11/h6-7H,4-5H2,1-3H3/t6-,7-,10+/m0/s1. The fraction of sp³-hybridized carbons (Fsp3) is 0.900. The number of carbonyl (C=O) groups excluding carboxylic acids is 1. The van der Waals surface area contributed by atoms with Gasteiger partial charge in [-0.05, 0) is 17.8 Å². The summed E-state index contributed by atoms with van der Waals surface area (Å²) in [6, 6.07) is 0. The molecule has 2 fully saturated rings. The summed E-state index contributed by atoms with van der Waals surface area (Å²) in [6.07, 6.45) is 1.82. The summed E-state index contributed by atoms with van der Waals surface area (Å²) in [6.45, 7) is 6.62. The van der Waals surface area contributed by atoms with Gasteiger partial charge < -0.3 is 0 Å². The third-order valence-electron chi connectivity index (χ3n) is 4.41. The molecule has 2 saturated carbocycles. The Hall–Kier alpha value is 0.150. The van der Waals surface area contributed by atoms with E-state index in [0.29, 0.717) is 16.5 Å². The Morgan fingerprint density at radius 1 is 1.42 bits per heavy atom. The van der Waals surface area contributed by atoms with Gasteiger partial charge in [0.25, 0.3) is 0 Å². The number of hydrogen-bond donors (Lipinski definition) is 0. The van der Waals surface area contributed by atoms with Gasteiger partial charge in [0.15, 0.2) is 0 Å². The van der Waals surface area contributed by atoms with Crippen LogP contribution < -0.4 is 0 Å². The Bertz CT molecular complexity index is 246. The van der Waals surface area contributed by atoms with Crippen molar-refractivity contribution in [3.05, 3.63) is 0 Å². The fourth-order valence-electron chi connectivity index (χ4n) is 2.94. The minimum atomic E-state index is -0.0498. The maximum Gasteiger partial charge on any atom is 0.139 e. The predicted molar refractivity (Wildman–Crippen MR) is 52.3 cm³/mol. The van der Waals surface area contributed by atoms with Crippen molar-refractivity contribution in [2.24, 2.45) is 16.7 Å². The van der Waals surface area contributed by atoms with Crippen molar-refractivity contribution >= 4 is 21.7 Å². The van der Waals surface area contributed by atoms with Crippen LogP contribution in [0.15, 0.2) is 0 Å². The molecular weight excluding hydrogens is 216 g/mol. The molecule has 0 aromatic carbocycles. The molecule has 0 spiro atoms. The average Bonchev–Trinajstić information content (AvgIpc) is 2.18. The Morgan fingerprint density at radius 3 is 2.25 bits per heavy atom. The molecule has 2 rings (SSSR count). The number of carbonyl (C=O) groups is 1. The van der Waals surface area contributed by atoms with E-state index >= 15 is 0 Å². The Labute approximate surface area is 82.0 Å². The fourth-order valence-corrected chi connectivity index (χ4v) is 4.43. The zero-order valence-electron chi connectivity index (χ0n) is 7.86. The zero-order valence-corrected chi connectivity index (χ0v) is 9.44. The second-order valence-electron chi connectivity index (χ2n) is 5.01. The van der Waals surface area contributed by atoms with E-state index in [1.165, 1.54) is 0 Å². The van der Waals surface area contributed by atoms with Crippen molar-refractivity contribution in [1.29, 1.82) is 0 Å². The van der Waals surface area contributed by atoms with E-state index in [4.69, 9.17) is 0 Å². The summed E-state index contributed by atoms with van der Waals surface area (Å²) < 4.78 is 0. The quantitative estimate of drug-likeness (QED) is 0.586. The molecule has 2 bridgehead atoms. The number of ketones is 1. The number of halogens is 1. The first-order valence-electron chi connectivity index (χ1n) is 4.57. The van der Waals surface area contributed by atoms with Gasteiger partial charge in [0.2, 0.25) is 0 Å². The van der Waals surface area contributed by atoms with Gasteiger partial charge in [-0.25, -0.2) is 0 Å². The minimum Gasteiger partial charge on any atom is -0.299 e. The third-order valence-corrected chi connectivity index (χ3v) is 5.37. The molecule has 3 atom stereocenters. The molecule has 2 heteroatoms. The monoisotopic (exact) mass is 230 g/mol. The highest BCUT2D eigenvalue weighted by molar-refractivity contribution is 9.09. The van der Waals surface area contributed by atoms with Crippen LogP contribution in [0.25, 0.3) is 0 Å². The van der Waals surface area contributed by atoms with Crippen LogP contribution in [0, 0.1) is 16.7 Å². The van der Waals surface area contributed by atoms with Crippen LogP contribution in [0.3, 0.4) is 0 Å². The van der Waals surface area contributed by atoms with Crippen molar-refractivity contribution in [1.82, 2.24) is 0 Å². The minimum absolute atomic E-state index is 0.0498. The first kappa shape index (κ1) is 8.74. The van der Waals surface area contributed by atoms with E-state index in [1.807, 2.05) is 0 Å². The van der Waals surface area contributed by atoms with Crippen LogP contribution in [0.1, 0.15) is 33.6 Å². The van der Waals surface area contributed by atoms with E-state index in [9.17, 15) is 4.79 Å². The maximum atomic E-state index is 11.7. The average molecular weight is 231 g/mol. The Kier molecular flexibility index (Phi) is 1.56. The van der Waals surface area contributed by atoms with Crippen LogP contribution in [0.2, 0.25) is 0 Å². The molecule has 0 radical (unpaired) electrons. The second kappa shape index (κ2) is 2.14. The number of Topliss-reactive ketones (excluding diaryl/α,β-unsaturated/α-hetero) is 1. The van der Waals surface area contributed by atoms with E-state index in [0.717, 1.165) is 12.8 Å². The van der Waals surface area contributed by atoms with Crippen molar-refractivity contribution in [3.63, 3.8) is 0 Å². The van der Waals surface area contributed by atoms with Crippen LogP contribution >= 0.6 is 15.9 Å². The van der Waals surface area contributed by atoms with E-state index in [-0.39, 0.29) is 10.8 Å². The van der Waals surface area contributed by atoms with Crippen LogP contribution in [0.4, 0.5) is 0 Å². The Balaban J connectivity index is 2.47. The number of hydrogen-bond acceptors (Lipinski definition) is 1. The zero-order chi connectivity index (χ0) is 9.15. The third kappa shape index (κ3) is 0.729. The molecule has 12 heavy (non-hydrogen) atoms. The maximum absolute atomic E-state index is 11.7. The Morgan fingerprint density at radius 2 is 2.00 bits per heavy atom. The molecule has 68 valence electrons. The molecule has 0 aromatic rings. The van der Waals surface area contributed by atoms with Crippen LogP contribution in [0.5, 0.6) is 0 Å². The molecule has 1 nitrogen and oxygen atoms in total. The van der Waals surface area contributed by atoms with Gasteiger partial charge in [-0.3, -0.25) is 4.79 Å². The molecule has 0 heterocycles. The number of fused-ring (bicyclic) bond motifs is 2. The van der Waals surface area contributed by atoms with E-state index in [2.05, 4.69) is 36.7 Å². The molecule has 2 aliphatic rings. The lowest BCUT2D eigenvalue weighted by molar-refractivity contribution is -0.128. The lowest BCUT2D eigenvalue weighted by atomic mass is 9.70. The highest BCUT2D eigenvalue weighted by atomic mass is 79.9. The van der Waals surface area contributed by atoms with Crippen molar-refractivity contribution < 1.29 is 4.79 Å². The topological polar surface area (TPSA) is 17.1 Å². The highest BCUT2D eigenvalue weighted by Crippen LogP contribution is 2.65. The van der Waals surface area contributed by atoms with Gasteiger partial charge in [0.1, 0.15) is 5.78 Å². The van der Waals surface area contributed by atoms with Crippen molar-refractivity contribution in [3.8, 4) is 0 Å². The van der Waals surface area contributed by atoms with Gasteiger partial charge in [-0.15, -0.1) is 0 Å². The smallest absolute Gasteiger partial charge is 0.139 e. The predicted octanol–water partition coefficient (Wildman–Crippen LogP) is 2.78. The molecule has 0 aliphatic heterocycles. The lowest BCUT2D eigenvalue weighted by Crippen LogP contribution is -2.32. The molecule has 2 aliphatic carbocycles. The first-order valence-corrected chi connectivity index (χ1v) is 5.48. The lowest BCUT2D eigenvalue weighted by Gasteiger charge is -2.32. The molecular formula is C10H15BrO. The summed E-state index contributed by atoms with van der Waals surface area (Å²) in [5.41, 5.74) is 0.157. The van der Waals surface area contributed by atoms with E-state index in [1.54, 1.807) is 0 Å². The van der Waals surface area contributed by atoms with Crippen molar-refractivity contribution in [2.45, 2.75) is 38.4 Å². The van der Waals surface area contributed by atoms with Gasteiger partial charge in [0.05, 0.1) is 0 Å². The largest absolute Gasteiger partial charge is 0.299 e. The molecule has 0 amide bonds. The number of rotatable bonds is 0. The summed E-state index contributed by atoms with van der Waals surface area (Å²) in [7, 11) is 0. The van der Waals surface area contributed by atoms with Crippen LogP contribution in [-0.4, -0.2) is 10.6 Å². The highest BCUT2D eigenvalue weighted by Gasteiger charge is 2.64. The molecule has 0 saturated heterocycles. The van der Waals surface area contributed by atoms with Crippen molar-refractivity contribution in [2.75, 3.05) is 0 Å². The summed E-state index contributed by atoms with van der Waals surface area (Å²) in [5, 5.41) is 0. The summed E-state index contributed by atoms with van der Waals surface area (Å²) in [5.74, 6) is 1.04. The summed E-state index contributed by atoms with van der Waals surface area (Å²) >= 11 is 3.68. The van der Waals surface area contributed by atoms with Gasteiger partial charge in [-0.1, -0.05) is 36.7 Å². The first-order chi connectivity index (χ1) is 5.39. The number of alkyl halides is 1.